The van der Waals surface area contributed by atoms with E-state index in [4.69, 9.17) is 4.52 Å². The number of fused-ring (bicyclic) bond motifs is 2. The van der Waals surface area contributed by atoms with Gasteiger partial charge in [0.15, 0.2) is 11.5 Å². The molecule has 0 unspecified atom stereocenters. The Labute approximate surface area is 186 Å². The molecule has 1 aliphatic carbocycles. The first kappa shape index (κ1) is 19.1. The van der Waals surface area contributed by atoms with Gasteiger partial charge in [-0.3, -0.25) is 4.79 Å². The molecule has 6 rings (SSSR count). The van der Waals surface area contributed by atoms with Crippen molar-refractivity contribution in [3.8, 4) is 11.3 Å². The molecule has 0 radical (unpaired) electrons. The Morgan fingerprint density at radius 3 is 2.47 bits per heavy atom. The third kappa shape index (κ3) is 2.99. The van der Waals surface area contributed by atoms with Crippen LogP contribution in [-0.4, -0.2) is 49.1 Å². The number of nitrogens with zero attached hydrogens (tertiary/aromatic N) is 3. The van der Waals surface area contributed by atoms with Crippen molar-refractivity contribution in [3.05, 3.63) is 77.4 Å². The summed E-state index contributed by atoms with van der Waals surface area (Å²) in [5.41, 5.74) is 5.92. The maximum atomic E-state index is 13.6. The third-order valence-electron chi connectivity index (χ3n) is 6.55. The smallest absolute Gasteiger partial charge is 0.196 e. The highest BCUT2D eigenvalue weighted by molar-refractivity contribution is 6.28. The minimum atomic E-state index is 0.0155. The maximum Gasteiger partial charge on any atom is 0.196 e. The number of piperazine rings is 1. The zero-order valence-corrected chi connectivity index (χ0v) is 18.0. The molecule has 0 bridgehead atoms. The summed E-state index contributed by atoms with van der Waals surface area (Å²) >= 11 is 0. The Morgan fingerprint density at radius 2 is 1.69 bits per heavy atom. The van der Waals surface area contributed by atoms with Crippen LogP contribution in [-0.2, 0) is 6.54 Å². The largest absolute Gasteiger partial charge is 0.380 e. The fourth-order valence-electron chi connectivity index (χ4n) is 4.76. The van der Waals surface area contributed by atoms with Crippen molar-refractivity contribution in [1.29, 1.82) is 0 Å². The van der Waals surface area contributed by atoms with Gasteiger partial charge in [0.1, 0.15) is 5.52 Å². The van der Waals surface area contributed by atoms with Crippen LogP contribution in [0.25, 0.3) is 22.2 Å². The summed E-state index contributed by atoms with van der Waals surface area (Å²) in [6.45, 7) is 4.44. The summed E-state index contributed by atoms with van der Waals surface area (Å²) < 4.78 is 5.87. The monoisotopic (exact) mass is 424 g/mol. The lowest BCUT2D eigenvalue weighted by Gasteiger charge is -2.34. The van der Waals surface area contributed by atoms with Crippen LogP contribution in [0.4, 0.5) is 11.4 Å². The van der Waals surface area contributed by atoms with Crippen LogP contribution < -0.4 is 10.2 Å². The van der Waals surface area contributed by atoms with Crippen molar-refractivity contribution in [2.45, 2.75) is 6.54 Å². The first-order chi connectivity index (χ1) is 15.7. The van der Waals surface area contributed by atoms with E-state index >= 15 is 0 Å². The molecule has 3 aromatic carbocycles. The van der Waals surface area contributed by atoms with Crippen LogP contribution in [0.1, 0.15) is 21.5 Å². The molecular weight excluding hydrogens is 400 g/mol. The fraction of sp³-hybridized carbons (Fsp3) is 0.231. The third-order valence-corrected chi connectivity index (χ3v) is 6.55. The van der Waals surface area contributed by atoms with Crippen LogP contribution >= 0.6 is 0 Å². The Bertz CT molecular complexity index is 1320. The topological polar surface area (TPSA) is 61.6 Å². The number of benzene rings is 3. The molecule has 4 aromatic rings. The molecule has 1 aromatic heterocycles. The molecule has 1 aliphatic heterocycles. The quantitative estimate of drug-likeness (QED) is 0.461. The zero-order chi connectivity index (χ0) is 21.7. The number of carbonyl (C=O) groups excluding carboxylic acids is 1. The van der Waals surface area contributed by atoms with E-state index in [9.17, 15) is 4.79 Å². The SMILES string of the molecule is CN1CCN(c2cc(NCc3ccccc3)c3c4c(onc24)-c2ccccc2C3=O)CC1. The predicted molar refractivity (Wildman–Crippen MR) is 126 cm³/mol. The first-order valence-electron chi connectivity index (χ1n) is 11.0. The van der Waals surface area contributed by atoms with Crippen LogP contribution in [0.15, 0.2) is 65.2 Å². The molecule has 160 valence electrons. The first-order valence-corrected chi connectivity index (χ1v) is 11.0. The van der Waals surface area contributed by atoms with Crippen LogP contribution in [0.2, 0.25) is 0 Å². The molecule has 0 amide bonds. The molecule has 1 saturated heterocycles. The normalized spacial score (nSPS) is 15.8. The molecule has 0 saturated carbocycles. The van der Waals surface area contributed by atoms with Crippen LogP contribution in [0.5, 0.6) is 0 Å². The van der Waals surface area contributed by atoms with E-state index in [1.807, 2.05) is 42.5 Å². The van der Waals surface area contributed by atoms with Gasteiger partial charge in [0.25, 0.3) is 0 Å². The molecular formula is C26H24N4O2. The lowest BCUT2D eigenvalue weighted by atomic mass is 9.86. The fourth-order valence-corrected chi connectivity index (χ4v) is 4.76. The second-order valence-electron chi connectivity index (χ2n) is 8.56. The molecule has 0 atom stereocenters. The predicted octanol–water partition coefficient (Wildman–Crippen LogP) is 4.40. The van der Waals surface area contributed by atoms with Crippen molar-refractivity contribution in [2.24, 2.45) is 0 Å². The van der Waals surface area contributed by atoms with E-state index < -0.39 is 0 Å². The minimum Gasteiger partial charge on any atom is -0.380 e. The molecule has 6 nitrogen and oxygen atoms in total. The van der Waals surface area contributed by atoms with Gasteiger partial charge in [-0.05, 0) is 18.7 Å². The van der Waals surface area contributed by atoms with Gasteiger partial charge >= 0.3 is 0 Å². The van der Waals surface area contributed by atoms with Crippen molar-refractivity contribution in [3.63, 3.8) is 0 Å². The van der Waals surface area contributed by atoms with E-state index in [2.05, 4.69) is 45.5 Å². The summed E-state index contributed by atoms with van der Waals surface area (Å²) in [6, 6.07) is 20.0. The van der Waals surface area contributed by atoms with Gasteiger partial charge < -0.3 is 19.6 Å². The molecule has 1 N–H and O–H groups in total. The standard InChI is InChI=1S/C26H24N4O2/c1-29-11-13-30(14-12-29)21-15-20(27-16-17-7-3-2-4-8-17)22-23-24(21)28-32-26(23)19-10-6-5-9-18(19)25(22)31/h2-10,15,27H,11-14,16H2,1H3. The molecule has 2 aliphatic rings. The second kappa shape index (κ2) is 7.50. The minimum absolute atomic E-state index is 0.0155. The van der Waals surface area contributed by atoms with Gasteiger partial charge in [0.2, 0.25) is 0 Å². The number of rotatable bonds is 4. The lowest BCUT2D eigenvalue weighted by molar-refractivity contribution is 0.104. The summed E-state index contributed by atoms with van der Waals surface area (Å²) in [5, 5.41) is 8.83. The average Bonchev–Trinajstić information content (AvgIpc) is 3.28. The second-order valence-corrected chi connectivity index (χ2v) is 8.56. The van der Waals surface area contributed by atoms with Gasteiger partial charge in [-0.1, -0.05) is 59.8 Å². The maximum absolute atomic E-state index is 13.6. The Kier molecular flexibility index (Phi) is 4.47. The number of ketones is 1. The lowest BCUT2D eigenvalue weighted by Crippen LogP contribution is -2.44. The van der Waals surface area contributed by atoms with Crippen molar-refractivity contribution in [1.82, 2.24) is 10.1 Å². The molecule has 2 heterocycles. The van der Waals surface area contributed by atoms with Gasteiger partial charge in [0.05, 0.1) is 16.6 Å². The van der Waals surface area contributed by atoms with Gasteiger partial charge in [-0.15, -0.1) is 0 Å². The van der Waals surface area contributed by atoms with E-state index in [0.717, 1.165) is 59.6 Å². The molecule has 1 fully saturated rings. The number of likely N-dealkylation sites (N-methyl/N-ethyl adjacent to an activating group) is 1. The number of hydrogen-bond donors (Lipinski definition) is 1. The summed E-state index contributed by atoms with van der Waals surface area (Å²) in [6.07, 6.45) is 0. The molecule has 6 heteroatoms. The number of anilines is 2. The average molecular weight is 425 g/mol. The van der Waals surface area contributed by atoms with Gasteiger partial charge in [-0.25, -0.2) is 0 Å². The summed E-state index contributed by atoms with van der Waals surface area (Å²) in [5.74, 6) is 0.700. The van der Waals surface area contributed by atoms with Crippen molar-refractivity contribution in [2.75, 3.05) is 43.4 Å². The summed E-state index contributed by atoms with van der Waals surface area (Å²) in [7, 11) is 2.14. The van der Waals surface area contributed by atoms with Crippen molar-refractivity contribution < 1.29 is 9.32 Å². The highest BCUT2D eigenvalue weighted by Gasteiger charge is 2.33. The Morgan fingerprint density at radius 1 is 0.969 bits per heavy atom. The molecule has 32 heavy (non-hydrogen) atoms. The summed E-state index contributed by atoms with van der Waals surface area (Å²) in [4.78, 5) is 18.3. The van der Waals surface area contributed by atoms with E-state index in [-0.39, 0.29) is 5.78 Å². The van der Waals surface area contributed by atoms with E-state index in [1.54, 1.807) is 0 Å². The number of aromatic nitrogens is 1. The zero-order valence-electron chi connectivity index (χ0n) is 18.0. The number of hydrogen-bond acceptors (Lipinski definition) is 6. The van der Waals surface area contributed by atoms with Crippen LogP contribution in [0.3, 0.4) is 0 Å². The Hall–Kier alpha value is -3.64. The van der Waals surface area contributed by atoms with Gasteiger partial charge in [0, 0.05) is 49.5 Å². The highest BCUT2D eigenvalue weighted by atomic mass is 16.5. The van der Waals surface area contributed by atoms with E-state index in [1.165, 1.54) is 0 Å². The van der Waals surface area contributed by atoms with E-state index in [0.29, 0.717) is 23.4 Å². The number of nitrogens with one attached hydrogen (secondary N) is 1. The van der Waals surface area contributed by atoms with Gasteiger partial charge in [-0.2, -0.15) is 0 Å². The van der Waals surface area contributed by atoms with Crippen molar-refractivity contribution >= 4 is 28.1 Å². The highest BCUT2D eigenvalue weighted by Crippen LogP contribution is 2.45. The Balaban J connectivity index is 1.53. The molecule has 0 spiro atoms. The van der Waals surface area contributed by atoms with Crippen LogP contribution in [0, 0.1) is 0 Å². The number of carbonyl (C=O) groups is 1.